The van der Waals surface area contributed by atoms with Crippen molar-refractivity contribution < 1.29 is 32.2 Å². The Hall–Kier alpha value is -1.76. The molecule has 0 aliphatic carbocycles. The predicted octanol–water partition coefficient (Wildman–Crippen LogP) is 2.56. The maximum atomic E-state index is 12.2. The number of halogens is 3. The number of rotatable bonds is 5. The molecule has 106 valence electrons. The number of benzene rings is 1. The summed E-state index contributed by atoms with van der Waals surface area (Å²) < 4.78 is 49.6. The molecule has 0 aromatic heterocycles. The molecular formula is C12H13F3O4. The Morgan fingerprint density at radius 3 is 2.42 bits per heavy atom. The molecule has 0 unspecified atom stereocenters. The molecule has 0 fully saturated rings. The number of carbonyl (C=O) groups is 1. The zero-order valence-electron chi connectivity index (χ0n) is 10.4. The summed E-state index contributed by atoms with van der Waals surface area (Å²) in [5.74, 6) is -1.19. The lowest BCUT2D eigenvalue weighted by molar-refractivity contribution is -0.274. The molecule has 0 bridgehead atoms. The molecule has 7 heteroatoms. The molecule has 0 saturated heterocycles. The third-order valence-corrected chi connectivity index (χ3v) is 2.22. The van der Waals surface area contributed by atoms with Crippen LogP contribution >= 0.6 is 0 Å². The summed E-state index contributed by atoms with van der Waals surface area (Å²) in [6.45, 7) is 0.316. The second-order valence-corrected chi connectivity index (χ2v) is 3.65. The van der Waals surface area contributed by atoms with Crippen molar-refractivity contribution in [3.05, 3.63) is 29.3 Å². The Labute approximate surface area is 108 Å². The molecule has 0 N–H and O–H groups in total. The van der Waals surface area contributed by atoms with E-state index in [4.69, 9.17) is 4.74 Å². The quantitative estimate of drug-likeness (QED) is 0.776. The van der Waals surface area contributed by atoms with E-state index in [2.05, 4.69) is 9.47 Å². The van der Waals surface area contributed by atoms with Gasteiger partial charge in [0, 0.05) is 7.11 Å². The van der Waals surface area contributed by atoms with Crippen LogP contribution in [0, 0.1) is 0 Å². The Morgan fingerprint density at radius 2 is 1.89 bits per heavy atom. The van der Waals surface area contributed by atoms with Crippen LogP contribution in [0.1, 0.15) is 15.9 Å². The van der Waals surface area contributed by atoms with Gasteiger partial charge in [-0.3, -0.25) is 0 Å². The summed E-state index contributed by atoms with van der Waals surface area (Å²) >= 11 is 0. The summed E-state index contributed by atoms with van der Waals surface area (Å²) in [7, 11) is 2.62. The van der Waals surface area contributed by atoms with E-state index in [1.165, 1.54) is 19.2 Å². The van der Waals surface area contributed by atoms with E-state index in [0.717, 1.165) is 13.2 Å². The predicted molar refractivity (Wildman–Crippen MR) is 60.0 cm³/mol. The number of carbonyl (C=O) groups excluding carboxylic acids is 1. The van der Waals surface area contributed by atoms with Gasteiger partial charge in [-0.25, -0.2) is 4.79 Å². The van der Waals surface area contributed by atoms with Crippen LogP contribution in [0.15, 0.2) is 18.2 Å². The molecule has 0 aliphatic rings. The minimum atomic E-state index is -4.81. The average Bonchev–Trinajstić information content (AvgIpc) is 2.33. The fourth-order valence-electron chi connectivity index (χ4n) is 1.45. The van der Waals surface area contributed by atoms with Crippen LogP contribution in [-0.4, -0.2) is 33.2 Å². The molecule has 0 spiro atoms. The first-order chi connectivity index (χ1) is 8.85. The van der Waals surface area contributed by atoms with Gasteiger partial charge in [0.1, 0.15) is 5.75 Å². The summed E-state index contributed by atoms with van der Waals surface area (Å²) in [5.41, 5.74) is 0.486. The number of ether oxygens (including phenoxy) is 3. The van der Waals surface area contributed by atoms with E-state index < -0.39 is 18.1 Å². The summed E-state index contributed by atoms with van der Waals surface area (Å²) in [5, 5.41) is 0. The molecule has 19 heavy (non-hydrogen) atoms. The van der Waals surface area contributed by atoms with Crippen molar-refractivity contribution in [3.8, 4) is 5.75 Å². The van der Waals surface area contributed by atoms with Crippen molar-refractivity contribution in [1.29, 1.82) is 0 Å². The summed E-state index contributed by atoms with van der Waals surface area (Å²) in [4.78, 5) is 11.4. The third-order valence-electron chi connectivity index (χ3n) is 2.22. The van der Waals surface area contributed by atoms with Gasteiger partial charge in [0.25, 0.3) is 0 Å². The molecule has 4 nitrogen and oxygen atoms in total. The highest BCUT2D eigenvalue weighted by Gasteiger charge is 2.31. The Kier molecular flexibility index (Phi) is 5.17. The minimum absolute atomic E-state index is 0.00430. The molecule has 0 heterocycles. The lowest BCUT2D eigenvalue weighted by Crippen LogP contribution is -2.18. The van der Waals surface area contributed by atoms with Gasteiger partial charge in [0.05, 0.1) is 19.3 Å². The zero-order valence-corrected chi connectivity index (χ0v) is 10.4. The van der Waals surface area contributed by atoms with Crippen LogP contribution in [0.4, 0.5) is 13.2 Å². The minimum Gasteiger partial charge on any atom is -0.465 e. The lowest BCUT2D eigenvalue weighted by atomic mass is 10.1. The summed E-state index contributed by atoms with van der Waals surface area (Å²) in [6.07, 6.45) is -4.46. The molecule has 0 saturated carbocycles. The van der Waals surface area contributed by atoms with Crippen molar-refractivity contribution in [1.82, 2.24) is 0 Å². The van der Waals surface area contributed by atoms with E-state index in [-0.39, 0.29) is 5.56 Å². The zero-order chi connectivity index (χ0) is 14.5. The number of hydrogen-bond donors (Lipinski definition) is 0. The van der Waals surface area contributed by atoms with E-state index in [9.17, 15) is 18.0 Å². The Balaban J connectivity index is 3.05. The van der Waals surface area contributed by atoms with Gasteiger partial charge in [0.15, 0.2) is 0 Å². The number of esters is 1. The normalized spacial score (nSPS) is 11.2. The van der Waals surface area contributed by atoms with Gasteiger partial charge < -0.3 is 14.2 Å². The highest BCUT2D eigenvalue weighted by atomic mass is 19.4. The maximum Gasteiger partial charge on any atom is 0.573 e. The first kappa shape index (κ1) is 15.3. The topological polar surface area (TPSA) is 44.8 Å². The Morgan fingerprint density at radius 1 is 1.21 bits per heavy atom. The largest absolute Gasteiger partial charge is 0.573 e. The molecule has 1 aromatic rings. The van der Waals surface area contributed by atoms with Crippen molar-refractivity contribution in [3.63, 3.8) is 0 Å². The monoisotopic (exact) mass is 278 g/mol. The fourth-order valence-corrected chi connectivity index (χ4v) is 1.45. The van der Waals surface area contributed by atoms with Crippen molar-refractivity contribution >= 4 is 5.97 Å². The van der Waals surface area contributed by atoms with Crippen molar-refractivity contribution in [2.24, 2.45) is 0 Å². The van der Waals surface area contributed by atoms with Gasteiger partial charge in [-0.05, 0) is 30.2 Å². The molecule has 1 rings (SSSR count). The molecular weight excluding hydrogens is 265 g/mol. The third kappa shape index (κ3) is 5.17. The molecule has 0 radical (unpaired) electrons. The highest BCUT2D eigenvalue weighted by molar-refractivity contribution is 5.90. The van der Waals surface area contributed by atoms with Crippen molar-refractivity contribution in [2.75, 3.05) is 20.8 Å². The maximum absolute atomic E-state index is 12.2. The van der Waals surface area contributed by atoms with Gasteiger partial charge in [-0.2, -0.15) is 0 Å². The second kappa shape index (κ2) is 6.42. The number of alkyl halides is 3. The standard InChI is InChI=1S/C12H13F3O4/c1-17-4-3-8-5-9(11(16)18-2)7-10(6-8)19-12(13,14)15/h5-7H,3-4H2,1-2H3. The van der Waals surface area contributed by atoms with Crippen LogP contribution in [0.5, 0.6) is 5.75 Å². The molecule has 0 atom stereocenters. The summed E-state index contributed by atoms with van der Waals surface area (Å²) in [6, 6.07) is 3.63. The van der Waals surface area contributed by atoms with E-state index in [1.807, 2.05) is 0 Å². The van der Waals surface area contributed by atoms with Gasteiger partial charge in [-0.15, -0.1) is 13.2 Å². The average molecular weight is 278 g/mol. The van der Waals surface area contributed by atoms with E-state index >= 15 is 0 Å². The van der Waals surface area contributed by atoms with E-state index in [0.29, 0.717) is 18.6 Å². The molecule has 0 aliphatic heterocycles. The van der Waals surface area contributed by atoms with Crippen LogP contribution < -0.4 is 4.74 Å². The van der Waals surface area contributed by atoms with Gasteiger partial charge in [0.2, 0.25) is 0 Å². The van der Waals surface area contributed by atoms with Crippen LogP contribution in [-0.2, 0) is 15.9 Å². The fraction of sp³-hybridized carbons (Fsp3) is 0.417. The Bertz CT molecular complexity index is 443. The SMILES string of the molecule is COCCc1cc(OC(F)(F)F)cc(C(=O)OC)c1. The van der Waals surface area contributed by atoms with Crippen LogP contribution in [0.2, 0.25) is 0 Å². The smallest absolute Gasteiger partial charge is 0.465 e. The first-order valence-corrected chi connectivity index (χ1v) is 5.32. The van der Waals surface area contributed by atoms with Crippen LogP contribution in [0.25, 0.3) is 0 Å². The van der Waals surface area contributed by atoms with E-state index in [1.54, 1.807) is 0 Å². The van der Waals surface area contributed by atoms with Crippen molar-refractivity contribution in [2.45, 2.75) is 12.8 Å². The highest BCUT2D eigenvalue weighted by Crippen LogP contribution is 2.25. The number of methoxy groups -OCH3 is 2. The number of hydrogen-bond acceptors (Lipinski definition) is 4. The first-order valence-electron chi connectivity index (χ1n) is 5.32. The lowest BCUT2D eigenvalue weighted by Gasteiger charge is -2.12. The van der Waals surface area contributed by atoms with Crippen LogP contribution in [0.3, 0.4) is 0 Å². The second-order valence-electron chi connectivity index (χ2n) is 3.65. The molecule has 0 amide bonds. The van der Waals surface area contributed by atoms with Gasteiger partial charge >= 0.3 is 12.3 Å². The molecule has 1 aromatic carbocycles. The van der Waals surface area contributed by atoms with Gasteiger partial charge in [-0.1, -0.05) is 0 Å².